The van der Waals surface area contributed by atoms with Gasteiger partial charge in [-0.25, -0.2) is 0 Å². The van der Waals surface area contributed by atoms with Crippen molar-refractivity contribution in [3.8, 4) is 0 Å². The van der Waals surface area contributed by atoms with E-state index in [2.05, 4.69) is 5.32 Å². The molecule has 0 fully saturated rings. The minimum atomic E-state index is -0.468. The quantitative estimate of drug-likeness (QED) is 0.709. The minimum absolute atomic E-state index is 0.0226. The lowest BCUT2D eigenvalue weighted by Crippen LogP contribution is -2.49. The molecule has 2 aromatic carbocycles. The Morgan fingerprint density at radius 1 is 1.00 bits per heavy atom. The van der Waals surface area contributed by atoms with Crippen LogP contribution in [0.3, 0.4) is 0 Å². The highest BCUT2D eigenvalue weighted by Gasteiger charge is 2.28. The molecule has 0 unspecified atom stereocenters. The highest BCUT2D eigenvalue weighted by atomic mass is 16.2. The Morgan fingerprint density at radius 3 is 2.29 bits per heavy atom. The molecule has 2 amide bonds. The van der Waals surface area contributed by atoms with Gasteiger partial charge in [0.05, 0.1) is 6.42 Å². The molecule has 0 saturated carbocycles. The SMILES string of the molecule is CCCNC(=O)[C@H](CC)N(Cc1ccccc1C)C(=O)Cc1ccc(C)cc1. The zero-order valence-corrected chi connectivity index (χ0v) is 17.5. The number of hydrogen-bond donors (Lipinski definition) is 1. The number of rotatable bonds is 9. The zero-order chi connectivity index (χ0) is 20.5. The van der Waals surface area contributed by atoms with Crippen LogP contribution in [0.2, 0.25) is 0 Å². The molecule has 1 atom stereocenters. The summed E-state index contributed by atoms with van der Waals surface area (Å²) in [7, 11) is 0. The van der Waals surface area contributed by atoms with Crippen molar-refractivity contribution >= 4 is 11.8 Å². The maximum absolute atomic E-state index is 13.2. The molecule has 150 valence electrons. The van der Waals surface area contributed by atoms with Gasteiger partial charge in [0.2, 0.25) is 11.8 Å². The van der Waals surface area contributed by atoms with E-state index in [-0.39, 0.29) is 11.8 Å². The highest BCUT2D eigenvalue weighted by molar-refractivity contribution is 5.88. The molecule has 0 aliphatic carbocycles. The first kappa shape index (κ1) is 21.7. The molecular weight excluding hydrogens is 348 g/mol. The highest BCUT2D eigenvalue weighted by Crippen LogP contribution is 2.17. The molecule has 0 heterocycles. The lowest BCUT2D eigenvalue weighted by molar-refractivity contribution is -0.140. The normalized spacial score (nSPS) is 11.7. The van der Waals surface area contributed by atoms with E-state index < -0.39 is 6.04 Å². The fourth-order valence-electron chi connectivity index (χ4n) is 3.24. The maximum Gasteiger partial charge on any atom is 0.242 e. The summed E-state index contributed by atoms with van der Waals surface area (Å²) in [6, 6.07) is 15.6. The summed E-state index contributed by atoms with van der Waals surface area (Å²) in [5.41, 5.74) is 4.33. The Balaban J connectivity index is 2.27. The first-order valence-electron chi connectivity index (χ1n) is 10.1. The lowest BCUT2D eigenvalue weighted by atomic mass is 10.0. The van der Waals surface area contributed by atoms with E-state index in [9.17, 15) is 9.59 Å². The van der Waals surface area contributed by atoms with Crippen LogP contribution in [0.1, 0.15) is 48.9 Å². The summed E-state index contributed by atoms with van der Waals surface area (Å²) < 4.78 is 0. The van der Waals surface area contributed by atoms with Gasteiger partial charge in [0.1, 0.15) is 6.04 Å². The number of carbonyl (C=O) groups is 2. The van der Waals surface area contributed by atoms with E-state index in [1.54, 1.807) is 4.90 Å². The van der Waals surface area contributed by atoms with Crippen molar-refractivity contribution in [2.24, 2.45) is 0 Å². The van der Waals surface area contributed by atoms with E-state index in [1.807, 2.05) is 76.2 Å². The number of benzene rings is 2. The van der Waals surface area contributed by atoms with Gasteiger partial charge in [-0.05, 0) is 43.4 Å². The van der Waals surface area contributed by atoms with Crippen LogP contribution >= 0.6 is 0 Å². The molecule has 28 heavy (non-hydrogen) atoms. The first-order valence-corrected chi connectivity index (χ1v) is 10.1. The fourth-order valence-corrected chi connectivity index (χ4v) is 3.24. The average molecular weight is 381 g/mol. The number of aryl methyl sites for hydroxylation is 2. The van der Waals surface area contributed by atoms with Crippen molar-refractivity contribution in [3.63, 3.8) is 0 Å². The minimum Gasteiger partial charge on any atom is -0.354 e. The average Bonchev–Trinajstić information content (AvgIpc) is 2.69. The van der Waals surface area contributed by atoms with Gasteiger partial charge in [-0.2, -0.15) is 0 Å². The van der Waals surface area contributed by atoms with Gasteiger partial charge in [-0.15, -0.1) is 0 Å². The number of nitrogens with one attached hydrogen (secondary N) is 1. The molecule has 0 spiro atoms. The molecule has 1 N–H and O–H groups in total. The second-order valence-electron chi connectivity index (χ2n) is 7.33. The number of hydrogen-bond acceptors (Lipinski definition) is 2. The molecule has 4 heteroatoms. The van der Waals surface area contributed by atoms with Gasteiger partial charge in [0, 0.05) is 13.1 Å². The first-order chi connectivity index (χ1) is 13.5. The van der Waals surface area contributed by atoms with E-state index in [1.165, 1.54) is 5.56 Å². The van der Waals surface area contributed by atoms with Crippen LogP contribution in [0.25, 0.3) is 0 Å². The van der Waals surface area contributed by atoms with Crippen LogP contribution in [-0.2, 0) is 22.6 Å². The summed E-state index contributed by atoms with van der Waals surface area (Å²) in [4.78, 5) is 27.7. The predicted molar refractivity (Wildman–Crippen MR) is 114 cm³/mol. The molecule has 0 radical (unpaired) electrons. The summed E-state index contributed by atoms with van der Waals surface area (Å²) in [6.45, 7) is 9.11. The van der Waals surface area contributed by atoms with Crippen molar-refractivity contribution < 1.29 is 9.59 Å². The zero-order valence-electron chi connectivity index (χ0n) is 17.5. The Bertz CT molecular complexity index is 783. The third-order valence-corrected chi connectivity index (χ3v) is 5.01. The molecule has 0 aliphatic heterocycles. The monoisotopic (exact) mass is 380 g/mol. The molecule has 0 saturated heterocycles. The van der Waals surface area contributed by atoms with E-state index >= 15 is 0 Å². The van der Waals surface area contributed by atoms with E-state index in [0.29, 0.717) is 25.9 Å². The molecule has 0 bridgehead atoms. The van der Waals surface area contributed by atoms with Gasteiger partial charge in [-0.3, -0.25) is 9.59 Å². The molecular formula is C24H32N2O2. The Hall–Kier alpha value is -2.62. The van der Waals surface area contributed by atoms with Crippen molar-refractivity contribution in [1.29, 1.82) is 0 Å². The van der Waals surface area contributed by atoms with Crippen LogP contribution < -0.4 is 5.32 Å². The second kappa shape index (κ2) is 10.6. The summed E-state index contributed by atoms with van der Waals surface area (Å²) in [5.74, 6) is -0.0965. The van der Waals surface area contributed by atoms with Crippen LogP contribution in [0.4, 0.5) is 0 Å². The number of amides is 2. The van der Waals surface area contributed by atoms with Crippen molar-refractivity contribution in [2.45, 2.75) is 59.5 Å². The van der Waals surface area contributed by atoms with Gasteiger partial charge < -0.3 is 10.2 Å². The van der Waals surface area contributed by atoms with E-state index in [4.69, 9.17) is 0 Å². The van der Waals surface area contributed by atoms with Crippen LogP contribution in [0, 0.1) is 13.8 Å². The Kier molecular flexibility index (Phi) is 8.24. The van der Waals surface area contributed by atoms with Crippen molar-refractivity contribution in [3.05, 3.63) is 70.8 Å². The van der Waals surface area contributed by atoms with Crippen molar-refractivity contribution in [2.75, 3.05) is 6.54 Å². The second-order valence-corrected chi connectivity index (χ2v) is 7.33. The molecule has 0 aromatic heterocycles. The van der Waals surface area contributed by atoms with Crippen LogP contribution in [0.15, 0.2) is 48.5 Å². The molecule has 2 rings (SSSR count). The van der Waals surface area contributed by atoms with Gasteiger partial charge in [0.25, 0.3) is 0 Å². The molecule has 2 aromatic rings. The predicted octanol–water partition coefficient (Wildman–Crippen LogP) is 4.18. The van der Waals surface area contributed by atoms with Crippen LogP contribution in [0.5, 0.6) is 0 Å². The summed E-state index contributed by atoms with van der Waals surface area (Å²) >= 11 is 0. The van der Waals surface area contributed by atoms with Crippen LogP contribution in [-0.4, -0.2) is 29.3 Å². The smallest absolute Gasteiger partial charge is 0.242 e. The summed E-state index contributed by atoms with van der Waals surface area (Å²) in [6.07, 6.45) is 1.75. The largest absolute Gasteiger partial charge is 0.354 e. The fraction of sp³-hybridized carbons (Fsp3) is 0.417. The molecule has 0 aliphatic rings. The lowest BCUT2D eigenvalue weighted by Gasteiger charge is -2.31. The standard InChI is InChI=1S/C24H32N2O2/c1-5-15-25-24(28)22(6-2)26(17-21-10-8-7-9-19(21)4)23(27)16-20-13-11-18(3)12-14-20/h7-14,22H,5-6,15-17H2,1-4H3,(H,25,28)/t22-/m0/s1. The topological polar surface area (TPSA) is 49.4 Å². The number of nitrogens with zero attached hydrogens (tertiary/aromatic N) is 1. The van der Waals surface area contributed by atoms with Gasteiger partial charge >= 0.3 is 0 Å². The third kappa shape index (κ3) is 5.95. The van der Waals surface area contributed by atoms with E-state index in [0.717, 1.165) is 23.1 Å². The number of carbonyl (C=O) groups excluding carboxylic acids is 2. The van der Waals surface area contributed by atoms with Crippen molar-refractivity contribution in [1.82, 2.24) is 10.2 Å². The Morgan fingerprint density at radius 2 is 1.68 bits per heavy atom. The van der Waals surface area contributed by atoms with Gasteiger partial charge in [-0.1, -0.05) is 67.9 Å². The molecule has 4 nitrogen and oxygen atoms in total. The maximum atomic E-state index is 13.2. The Labute approximate surface area is 169 Å². The third-order valence-electron chi connectivity index (χ3n) is 5.01. The summed E-state index contributed by atoms with van der Waals surface area (Å²) in [5, 5.41) is 2.96. The van der Waals surface area contributed by atoms with Gasteiger partial charge in [0.15, 0.2) is 0 Å².